The van der Waals surface area contributed by atoms with Crippen molar-refractivity contribution in [3.05, 3.63) is 94.8 Å². The number of pyridine rings is 1. The van der Waals surface area contributed by atoms with E-state index < -0.39 is 0 Å². The van der Waals surface area contributed by atoms with Crippen LogP contribution in [0.15, 0.2) is 67.0 Å². The summed E-state index contributed by atoms with van der Waals surface area (Å²) in [6.07, 6.45) is 4.24. The Hall–Kier alpha value is -3.47. The lowest BCUT2D eigenvalue weighted by atomic mass is 10.1. The van der Waals surface area contributed by atoms with Crippen LogP contribution < -0.4 is 5.32 Å². The van der Waals surface area contributed by atoms with Gasteiger partial charge in [0.25, 0.3) is 11.8 Å². The van der Waals surface area contributed by atoms with Crippen LogP contribution in [0.1, 0.15) is 37.4 Å². The average molecular weight is 387 g/mol. The van der Waals surface area contributed by atoms with Gasteiger partial charge in [0.05, 0.1) is 0 Å². The van der Waals surface area contributed by atoms with Gasteiger partial charge >= 0.3 is 0 Å². The van der Waals surface area contributed by atoms with Crippen molar-refractivity contribution in [3.8, 4) is 0 Å². The Labute approximate surface area is 171 Å². The fourth-order valence-corrected chi connectivity index (χ4v) is 3.11. The Bertz CT molecular complexity index is 1020. The Morgan fingerprint density at radius 3 is 2.41 bits per heavy atom. The third-order valence-corrected chi connectivity index (χ3v) is 4.83. The molecule has 0 aliphatic rings. The fraction of sp³-hybridized carbons (Fsp3) is 0.208. The first-order valence-electron chi connectivity index (χ1n) is 9.57. The molecule has 0 bridgehead atoms. The average Bonchev–Trinajstić information content (AvgIpc) is 2.74. The molecule has 1 N–H and O–H groups in total. The molecule has 3 rings (SSSR count). The van der Waals surface area contributed by atoms with Gasteiger partial charge in [-0.25, -0.2) is 0 Å². The molecule has 0 spiro atoms. The molecule has 148 valence electrons. The van der Waals surface area contributed by atoms with Gasteiger partial charge in [0, 0.05) is 42.8 Å². The summed E-state index contributed by atoms with van der Waals surface area (Å²) in [6, 6.07) is 16.6. The second kappa shape index (κ2) is 9.15. The first kappa shape index (κ1) is 20.3. The van der Waals surface area contributed by atoms with Crippen molar-refractivity contribution < 1.29 is 9.59 Å². The van der Waals surface area contributed by atoms with E-state index in [1.807, 2.05) is 44.2 Å². The van der Waals surface area contributed by atoms with Gasteiger partial charge in [-0.3, -0.25) is 14.6 Å². The van der Waals surface area contributed by atoms with Gasteiger partial charge in [-0.05, 0) is 67.8 Å². The molecule has 0 atom stereocenters. The predicted molar refractivity (Wildman–Crippen MR) is 115 cm³/mol. The van der Waals surface area contributed by atoms with Crippen LogP contribution in [0, 0.1) is 13.8 Å². The Morgan fingerprint density at radius 1 is 0.966 bits per heavy atom. The highest BCUT2D eigenvalue weighted by molar-refractivity contribution is 6.06. The third-order valence-electron chi connectivity index (χ3n) is 4.83. The van der Waals surface area contributed by atoms with Crippen LogP contribution in [0.25, 0.3) is 0 Å². The maximum atomic E-state index is 12.8. The van der Waals surface area contributed by atoms with Crippen molar-refractivity contribution >= 4 is 17.5 Å². The van der Waals surface area contributed by atoms with Crippen LogP contribution in [0.4, 0.5) is 5.69 Å². The van der Waals surface area contributed by atoms with Gasteiger partial charge in [0.15, 0.2) is 0 Å². The van der Waals surface area contributed by atoms with Gasteiger partial charge in [-0.1, -0.05) is 23.8 Å². The quantitative estimate of drug-likeness (QED) is 0.687. The van der Waals surface area contributed by atoms with E-state index in [0.29, 0.717) is 17.7 Å². The fourth-order valence-electron chi connectivity index (χ4n) is 3.11. The van der Waals surface area contributed by atoms with E-state index in [0.717, 1.165) is 28.8 Å². The standard InChI is InChI=1S/C24H25N3O2/c1-17-7-8-22(18(2)15-17)26-23(28)20-5-4-6-21(16-20)24(29)27(3)14-11-19-9-12-25-13-10-19/h4-10,12-13,15-16H,11,14H2,1-3H3,(H,26,28). The second-order valence-corrected chi connectivity index (χ2v) is 7.19. The van der Waals surface area contributed by atoms with Crippen molar-refractivity contribution in [3.63, 3.8) is 0 Å². The number of aromatic nitrogens is 1. The van der Waals surface area contributed by atoms with Crippen LogP contribution in [0.5, 0.6) is 0 Å². The first-order chi connectivity index (χ1) is 13.9. The van der Waals surface area contributed by atoms with E-state index in [9.17, 15) is 9.59 Å². The number of aryl methyl sites for hydroxylation is 2. The molecule has 0 saturated carbocycles. The molecule has 0 aliphatic heterocycles. The zero-order valence-electron chi connectivity index (χ0n) is 17.0. The number of likely N-dealkylation sites (N-methyl/N-ethyl adjacent to an activating group) is 1. The summed E-state index contributed by atoms with van der Waals surface area (Å²) >= 11 is 0. The molecule has 0 fully saturated rings. The molecule has 5 heteroatoms. The third kappa shape index (κ3) is 5.29. The van der Waals surface area contributed by atoms with E-state index in [-0.39, 0.29) is 11.8 Å². The Morgan fingerprint density at radius 2 is 1.69 bits per heavy atom. The molecule has 0 aliphatic carbocycles. The molecule has 3 aromatic rings. The number of rotatable bonds is 6. The van der Waals surface area contributed by atoms with Gasteiger partial charge < -0.3 is 10.2 Å². The van der Waals surface area contributed by atoms with E-state index in [1.54, 1.807) is 48.6 Å². The molecule has 0 radical (unpaired) electrons. The normalized spacial score (nSPS) is 10.4. The largest absolute Gasteiger partial charge is 0.341 e. The van der Waals surface area contributed by atoms with Gasteiger partial charge in [-0.2, -0.15) is 0 Å². The molecule has 0 unspecified atom stereocenters. The maximum Gasteiger partial charge on any atom is 0.255 e. The lowest BCUT2D eigenvalue weighted by molar-refractivity contribution is 0.0796. The number of nitrogens with zero attached hydrogens (tertiary/aromatic N) is 2. The molecular formula is C24H25N3O2. The molecule has 29 heavy (non-hydrogen) atoms. The zero-order chi connectivity index (χ0) is 20.8. The number of benzene rings is 2. The van der Waals surface area contributed by atoms with Gasteiger partial charge in [0.2, 0.25) is 0 Å². The topological polar surface area (TPSA) is 62.3 Å². The summed E-state index contributed by atoms with van der Waals surface area (Å²) in [5.41, 5.74) is 4.99. The molecule has 2 amide bonds. The first-order valence-corrected chi connectivity index (χ1v) is 9.57. The van der Waals surface area contributed by atoms with Crippen LogP contribution in [-0.4, -0.2) is 35.3 Å². The number of nitrogens with one attached hydrogen (secondary N) is 1. The Kier molecular flexibility index (Phi) is 6.39. The summed E-state index contributed by atoms with van der Waals surface area (Å²) in [5, 5.41) is 2.93. The molecule has 1 heterocycles. The van der Waals surface area contributed by atoms with E-state index >= 15 is 0 Å². The number of carbonyl (C=O) groups is 2. The monoisotopic (exact) mass is 387 g/mol. The maximum absolute atomic E-state index is 12.8. The number of amides is 2. The molecule has 5 nitrogen and oxygen atoms in total. The van der Waals surface area contributed by atoms with Crippen molar-refractivity contribution in [1.29, 1.82) is 0 Å². The number of hydrogen-bond acceptors (Lipinski definition) is 3. The predicted octanol–water partition coefficient (Wildman–Crippen LogP) is 4.27. The minimum Gasteiger partial charge on any atom is -0.341 e. The summed E-state index contributed by atoms with van der Waals surface area (Å²) in [5.74, 6) is -0.341. The summed E-state index contributed by atoms with van der Waals surface area (Å²) in [4.78, 5) is 31.1. The van der Waals surface area contributed by atoms with Crippen molar-refractivity contribution in [2.75, 3.05) is 18.9 Å². The summed E-state index contributed by atoms with van der Waals surface area (Å²) in [6.45, 7) is 4.56. The molecule has 1 aromatic heterocycles. The number of hydrogen-bond donors (Lipinski definition) is 1. The van der Waals surface area contributed by atoms with E-state index in [2.05, 4.69) is 10.3 Å². The van der Waals surface area contributed by atoms with Crippen LogP contribution in [-0.2, 0) is 6.42 Å². The van der Waals surface area contributed by atoms with E-state index in [1.165, 1.54) is 0 Å². The highest BCUT2D eigenvalue weighted by Gasteiger charge is 2.15. The zero-order valence-corrected chi connectivity index (χ0v) is 17.0. The summed E-state index contributed by atoms with van der Waals surface area (Å²) < 4.78 is 0. The molecule has 2 aromatic carbocycles. The summed E-state index contributed by atoms with van der Waals surface area (Å²) in [7, 11) is 1.77. The highest BCUT2D eigenvalue weighted by atomic mass is 16.2. The highest BCUT2D eigenvalue weighted by Crippen LogP contribution is 2.18. The minimum atomic E-state index is -0.231. The van der Waals surface area contributed by atoms with E-state index in [4.69, 9.17) is 0 Å². The Balaban J connectivity index is 1.67. The lowest BCUT2D eigenvalue weighted by Gasteiger charge is -2.17. The second-order valence-electron chi connectivity index (χ2n) is 7.19. The van der Waals surface area contributed by atoms with Crippen LogP contribution in [0.3, 0.4) is 0 Å². The minimum absolute atomic E-state index is 0.111. The van der Waals surface area contributed by atoms with Crippen molar-refractivity contribution in [2.45, 2.75) is 20.3 Å². The number of carbonyl (C=O) groups excluding carboxylic acids is 2. The SMILES string of the molecule is Cc1ccc(NC(=O)c2cccc(C(=O)N(C)CCc3ccncc3)c2)c(C)c1. The smallest absolute Gasteiger partial charge is 0.255 e. The lowest BCUT2D eigenvalue weighted by Crippen LogP contribution is -2.29. The number of anilines is 1. The van der Waals surface area contributed by atoms with Gasteiger partial charge in [-0.15, -0.1) is 0 Å². The van der Waals surface area contributed by atoms with Crippen molar-refractivity contribution in [2.24, 2.45) is 0 Å². The van der Waals surface area contributed by atoms with Crippen LogP contribution >= 0.6 is 0 Å². The molecular weight excluding hydrogens is 362 g/mol. The van der Waals surface area contributed by atoms with Crippen LogP contribution in [0.2, 0.25) is 0 Å². The van der Waals surface area contributed by atoms with Crippen molar-refractivity contribution in [1.82, 2.24) is 9.88 Å². The molecule has 0 saturated heterocycles. The van der Waals surface area contributed by atoms with Gasteiger partial charge in [0.1, 0.15) is 0 Å².